The van der Waals surface area contributed by atoms with Gasteiger partial charge in [-0.05, 0) is 31.9 Å². The molecule has 0 aliphatic heterocycles. The zero-order valence-electron chi connectivity index (χ0n) is 11.8. The zero-order valence-corrected chi connectivity index (χ0v) is 11.8. The molecule has 4 heteroatoms. The van der Waals surface area contributed by atoms with Crippen LogP contribution in [0.5, 0.6) is 0 Å². The minimum Gasteiger partial charge on any atom is -0.394 e. The quantitative estimate of drug-likeness (QED) is 0.867. The van der Waals surface area contributed by atoms with Gasteiger partial charge in [0.15, 0.2) is 0 Å². The Balaban J connectivity index is 2.47. The van der Waals surface area contributed by atoms with Gasteiger partial charge in [-0.25, -0.2) is 9.97 Å². The van der Waals surface area contributed by atoms with Crippen molar-refractivity contribution in [3.05, 3.63) is 30.1 Å². The molecular formula is C15H21N3O. The number of aryl methyl sites for hydroxylation is 1. The second-order valence-electron chi connectivity index (χ2n) is 5.01. The van der Waals surface area contributed by atoms with Crippen LogP contribution < -0.4 is 5.32 Å². The number of anilines is 1. The number of nitrogens with zero attached hydrogens (tertiary/aromatic N) is 2. The second-order valence-corrected chi connectivity index (χ2v) is 5.01. The van der Waals surface area contributed by atoms with E-state index in [1.54, 1.807) is 6.33 Å². The Morgan fingerprint density at radius 3 is 2.58 bits per heavy atom. The lowest BCUT2D eigenvalue weighted by molar-refractivity contribution is 0.202. The molecule has 0 atom stereocenters. The van der Waals surface area contributed by atoms with E-state index in [2.05, 4.69) is 42.1 Å². The SMILES string of the molecule is CCC(CC)(CO)Nc1ncnc2ccc(C)cc12. The minimum absolute atomic E-state index is 0.0946. The Morgan fingerprint density at radius 2 is 1.95 bits per heavy atom. The smallest absolute Gasteiger partial charge is 0.137 e. The first kappa shape index (κ1) is 13.7. The van der Waals surface area contributed by atoms with Crippen molar-refractivity contribution in [3.8, 4) is 0 Å². The van der Waals surface area contributed by atoms with Crippen molar-refractivity contribution >= 4 is 16.7 Å². The van der Waals surface area contributed by atoms with Crippen molar-refractivity contribution in [3.63, 3.8) is 0 Å². The van der Waals surface area contributed by atoms with Gasteiger partial charge < -0.3 is 10.4 Å². The number of hydrogen-bond acceptors (Lipinski definition) is 4. The molecule has 0 bridgehead atoms. The van der Waals surface area contributed by atoms with Crippen molar-refractivity contribution in [2.75, 3.05) is 11.9 Å². The highest BCUT2D eigenvalue weighted by atomic mass is 16.3. The highest BCUT2D eigenvalue weighted by molar-refractivity contribution is 5.89. The number of aliphatic hydroxyl groups is 1. The van der Waals surface area contributed by atoms with Gasteiger partial charge in [0, 0.05) is 5.39 Å². The first-order valence-corrected chi connectivity index (χ1v) is 6.74. The molecule has 102 valence electrons. The molecule has 0 fully saturated rings. The lowest BCUT2D eigenvalue weighted by Gasteiger charge is -2.31. The fourth-order valence-corrected chi connectivity index (χ4v) is 2.21. The molecule has 2 aromatic rings. The van der Waals surface area contributed by atoms with Gasteiger partial charge in [-0.3, -0.25) is 0 Å². The Morgan fingerprint density at radius 1 is 1.21 bits per heavy atom. The van der Waals surface area contributed by atoms with Crippen LogP contribution in [-0.2, 0) is 0 Å². The van der Waals surface area contributed by atoms with Crippen molar-refractivity contribution in [1.82, 2.24) is 9.97 Å². The molecule has 0 unspecified atom stereocenters. The summed E-state index contributed by atoms with van der Waals surface area (Å²) in [4.78, 5) is 8.62. The molecule has 0 saturated carbocycles. The summed E-state index contributed by atoms with van der Waals surface area (Å²) in [6.45, 7) is 6.29. The van der Waals surface area contributed by atoms with Crippen molar-refractivity contribution in [2.45, 2.75) is 39.2 Å². The lowest BCUT2D eigenvalue weighted by atomic mass is 9.93. The second kappa shape index (κ2) is 5.53. The minimum atomic E-state index is -0.314. The van der Waals surface area contributed by atoms with Gasteiger partial charge in [0.05, 0.1) is 17.7 Å². The molecule has 0 amide bonds. The van der Waals surface area contributed by atoms with Crippen LogP contribution in [0, 0.1) is 6.92 Å². The van der Waals surface area contributed by atoms with Crippen molar-refractivity contribution < 1.29 is 5.11 Å². The number of benzene rings is 1. The van der Waals surface area contributed by atoms with Crippen molar-refractivity contribution in [2.24, 2.45) is 0 Å². The molecule has 2 N–H and O–H groups in total. The molecule has 4 nitrogen and oxygen atoms in total. The van der Waals surface area contributed by atoms with Crippen LogP contribution in [0.15, 0.2) is 24.5 Å². The summed E-state index contributed by atoms with van der Waals surface area (Å²) >= 11 is 0. The molecule has 0 spiro atoms. The zero-order chi connectivity index (χ0) is 13.9. The van der Waals surface area contributed by atoms with Gasteiger partial charge in [-0.1, -0.05) is 25.5 Å². The summed E-state index contributed by atoms with van der Waals surface area (Å²) in [5, 5.41) is 14.1. The third-order valence-corrected chi connectivity index (χ3v) is 3.83. The van der Waals surface area contributed by atoms with E-state index in [-0.39, 0.29) is 12.1 Å². The van der Waals surface area contributed by atoms with E-state index in [1.165, 1.54) is 5.56 Å². The molecule has 0 radical (unpaired) electrons. The summed E-state index contributed by atoms with van der Waals surface area (Å²) in [6, 6.07) is 6.11. The number of rotatable bonds is 5. The largest absolute Gasteiger partial charge is 0.394 e. The molecule has 0 saturated heterocycles. The van der Waals surface area contributed by atoms with Crippen LogP contribution in [-0.4, -0.2) is 27.2 Å². The van der Waals surface area contributed by atoms with Gasteiger partial charge in [-0.15, -0.1) is 0 Å². The molecule has 1 aromatic heterocycles. The summed E-state index contributed by atoms with van der Waals surface area (Å²) in [5.74, 6) is 0.798. The highest BCUT2D eigenvalue weighted by Gasteiger charge is 2.26. The van der Waals surface area contributed by atoms with Crippen LogP contribution in [0.3, 0.4) is 0 Å². The monoisotopic (exact) mass is 259 g/mol. The van der Waals surface area contributed by atoms with Gasteiger partial charge in [0.1, 0.15) is 12.1 Å². The van der Waals surface area contributed by atoms with E-state index in [4.69, 9.17) is 0 Å². The van der Waals surface area contributed by atoms with E-state index in [9.17, 15) is 5.11 Å². The Hall–Kier alpha value is -1.68. The Labute approximate surface area is 113 Å². The number of nitrogens with one attached hydrogen (secondary N) is 1. The van der Waals surface area contributed by atoms with Crippen LogP contribution in [0.4, 0.5) is 5.82 Å². The molecular weight excluding hydrogens is 238 g/mol. The molecule has 1 aromatic carbocycles. The first-order chi connectivity index (χ1) is 9.14. The predicted octanol–water partition coefficient (Wildman–Crippen LogP) is 2.90. The van der Waals surface area contributed by atoms with Gasteiger partial charge in [0.25, 0.3) is 0 Å². The molecule has 2 rings (SSSR count). The topological polar surface area (TPSA) is 58.0 Å². The number of aromatic nitrogens is 2. The third-order valence-electron chi connectivity index (χ3n) is 3.83. The normalized spacial score (nSPS) is 11.8. The van der Waals surface area contributed by atoms with Crippen LogP contribution >= 0.6 is 0 Å². The van der Waals surface area contributed by atoms with Crippen LogP contribution in [0.2, 0.25) is 0 Å². The van der Waals surface area contributed by atoms with Gasteiger partial charge in [0.2, 0.25) is 0 Å². The van der Waals surface area contributed by atoms with E-state index in [0.717, 1.165) is 29.6 Å². The third kappa shape index (κ3) is 2.68. The van der Waals surface area contributed by atoms with E-state index >= 15 is 0 Å². The fourth-order valence-electron chi connectivity index (χ4n) is 2.21. The number of fused-ring (bicyclic) bond motifs is 1. The molecule has 1 heterocycles. The summed E-state index contributed by atoms with van der Waals surface area (Å²) < 4.78 is 0. The summed E-state index contributed by atoms with van der Waals surface area (Å²) in [6.07, 6.45) is 3.25. The Kier molecular flexibility index (Phi) is 4.00. The maximum absolute atomic E-state index is 9.66. The number of hydrogen-bond donors (Lipinski definition) is 2. The summed E-state index contributed by atoms with van der Waals surface area (Å²) in [7, 11) is 0. The van der Waals surface area contributed by atoms with Gasteiger partial charge in [-0.2, -0.15) is 0 Å². The summed E-state index contributed by atoms with van der Waals surface area (Å²) in [5.41, 5.74) is 1.78. The molecule has 19 heavy (non-hydrogen) atoms. The maximum atomic E-state index is 9.66. The lowest BCUT2D eigenvalue weighted by Crippen LogP contribution is -2.41. The number of aliphatic hydroxyl groups excluding tert-OH is 1. The highest BCUT2D eigenvalue weighted by Crippen LogP contribution is 2.26. The van der Waals surface area contributed by atoms with Gasteiger partial charge >= 0.3 is 0 Å². The average Bonchev–Trinajstić information content (AvgIpc) is 2.45. The first-order valence-electron chi connectivity index (χ1n) is 6.74. The van der Waals surface area contributed by atoms with E-state index < -0.39 is 0 Å². The van der Waals surface area contributed by atoms with Crippen molar-refractivity contribution in [1.29, 1.82) is 0 Å². The maximum Gasteiger partial charge on any atom is 0.137 e. The van der Waals surface area contributed by atoms with Crippen LogP contribution in [0.25, 0.3) is 10.9 Å². The Bertz CT molecular complexity index is 556. The standard InChI is InChI=1S/C15H21N3O/c1-4-15(5-2,9-19)18-14-12-8-11(3)6-7-13(12)16-10-17-14/h6-8,10,19H,4-5,9H2,1-3H3,(H,16,17,18). The predicted molar refractivity (Wildman–Crippen MR) is 78.3 cm³/mol. The average molecular weight is 259 g/mol. The molecule has 0 aliphatic rings. The van der Waals surface area contributed by atoms with E-state index in [0.29, 0.717) is 0 Å². The fraction of sp³-hybridized carbons (Fsp3) is 0.467. The molecule has 0 aliphatic carbocycles. The van der Waals surface area contributed by atoms with Crippen LogP contribution in [0.1, 0.15) is 32.3 Å². The van der Waals surface area contributed by atoms with E-state index in [1.807, 2.05) is 12.1 Å².